The fraction of sp³-hybridized carbons (Fsp3) is 0.519. The molecule has 37 heavy (non-hydrogen) atoms. The minimum Gasteiger partial charge on any atom is -0.492 e. The van der Waals surface area contributed by atoms with Gasteiger partial charge in [0.15, 0.2) is 17.3 Å². The molecule has 1 aliphatic heterocycles. The molecule has 0 unspecified atom stereocenters. The topological polar surface area (TPSA) is 100 Å². The first-order valence-electron chi connectivity index (χ1n) is 12.3. The Morgan fingerprint density at radius 2 is 1.95 bits per heavy atom. The predicted molar refractivity (Wildman–Crippen MR) is 146 cm³/mol. The molecule has 3 rings (SSSR count). The van der Waals surface area contributed by atoms with Crippen LogP contribution in [0.15, 0.2) is 39.1 Å². The number of hydrogen-bond acceptors (Lipinski definition) is 9. The van der Waals surface area contributed by atoms with Crippen molar-refractivity contribution in [3.05, 3.63) is 44.7 Å². The normalized spacial score (nSPS) is 21.3. The van der Waals surface area contributed by atoms with E-state index < -0.39 is 23.8 Å². The Balaban J connectivity index is 2.19. The molecule has 0 fully saturated rings. The van der Waals surface area contributed by atoms with Crippen molar-refractivity contribution in [2.24, 2.45) is 11.8 Å². The van der Waals surface area contributed by atoms with E-state index in [0.717, 1.165) is 5.75 Å². The lowest BCUT2D eigenvalue weighted by Gasteiger charge is -2.38. The van der Waals surface area contributed by atoms with Gasteiger partial charge in [-0.3, -0.25) is 9.59 Å². The van der Waals surface area contributed by atoms with E-state index in [1.807, 2.05) is 26.8 Å². The van der Waals surface area contributed by atoms with Crippen LogP contribution in [0.25, 0.3) is 0 Å². The number of allylic oxidation sites excluding steroid dienone is 3. The van der Waals surface area contributed by atoms with Gasteiger partial charge in [0.25, 0.3) is 0 Å². The molecule has 1 N–H and O–H groups in total. The third kappa shape index (κ3) is 6.00. The van der Waals surface area contributed by atoms with Gasteiger partial charge in [0.2, 0.25) is 0 Å². The Morgan fingerprint density at radius 3 is 2.57 bits per heavy atom. The van der Waals surface area contributed by atoms with Crippen LogP contribution in [0.1, 0.15) is 45.6 Å². The molecule has 0 saturated carbocycles. The molecule has 1 aliphatic carbocycles. The Labute approximate surface area is 230 Å². The Bertz CT molecular complexity index is 1130. The Kier molecular flexibility index (Phi) is 10.1. The van der Waals surface area contributed by atoms with Crippen molar-refractivity contribution in [2.45, 2.75) is 40.0 Å². The zero-order valence-corrected chi connectivity index (χ0v) is 24.5. The second kappa shape index (κ2) is 12.9. The van der Waals surface area contributed by atoms with Crippen molar-refractivity contribution in [2.75, 3.05) is 38.9 Å². The van der Waals surface area contributed by atoms with Crippen molar-refractivity contribution >= 4 is 45.4 Å². The summed E-state index contributed by atoms with van der Waals surface area (Å²) in [5, 5.41) is 3.28. The molecule has 0 amide bonds. The van der Waals surface area contributed by atoms with Crippen LogP contribution in [0.2, 0.25) is 0 Å². The number of thioether (sulfide) groups is 1. The van der Waals surface area contributed by atoms with E-state index in [9.17, 15) is 14.4 Å². The highest BCUT2D eigenvalue weighted by Crippen LogP contribution is 2.48. The maximum Gasteiger partial charge on any atom is 0.336 e. The van der Waals surface area contributed by atoms with Crippen LogP contribution in [0.4, 0.5) is 0 Å². The van der Waals surface area contributed by atoms with Crippen LogP contribution in [0.3, 0.4) is 0 Å². The molecule has 1 aromatic carbocycles. The average Bonchev–Trinajstić information content (AvgIpc) is 2.85. The fourth-order valence-corrected chi connectivity index (χ4v) is 6.03. The van der Waals surface area contributed by atoms with E-state index in [-0.39, 0.29) is 18.3 Å². The number of Topliss-reactive ketones (excluding diaryl/α,β-unsaturated/α-hetero) is 1. The number of esters is 2. The molecule has 8 nitrogen and oxygen atoms in total. The van der Waals surface area contributed by atoms with Gasteiger partial charge < -0.3 is 24.3 Å². The quantitative estimate of drug-likeness (QED) is 0.233. The number of methoxy groups -OCH3 is 2. The Morgan fingerprint density at radius 1 is 1.22 bits per heavy atom. The van der Waals surface area contributed by atoms with Crippen molar-refractivity contribution in [1.29, 1.82) is 0 Å². The summed E-state index contributed by atoms with van der Waals surface area (Å²) in [5.74, 6) is -0.875. The van der Waals surface area contributed by atoms with Gasteiger partial charge in [0.1, 0.15) is 12.5 Å². The van der Waals surface area contributed by atoms with Crippen molar-refractivity contribution < 1.29 is 33.3 Å². The van der Waals surface area contributed by atoms with Crippen molar-refractivity contribution in [3.63, 3.8) is 0 Å². The van der Waals surface area contributed by atoms with Gasteiger partial charge in [-0.25, -0.2) is 4.79 Å². The maximum atomic E-state index is 13.9. The summed E-state index contributed by atoms with van der Waals surface area (Å²) in [7, 11) is 2.82. The lowest BCUT2D eigenvalue weighted by Crippen LogP contribution is -2.43. The van der Waals surface area contributed by atoms with Crippen LogP contribution in [-0.2, 0) is 23.9 Å². The molecule has 1 heterocycles. The largest absolute Gasteiger partial charge is 0.492 e. The van der Waals surface area contributed by atoms with Crippen LogP contribution < -0.4 is 14.8 Å². The molecule has 0 saturated heterocycles. The lowest BCUT2D eigenvalue weighted by atomic mass is 9.69. The Hall–Kier alpha value is -2.46. The summed E-state index contributed by atoms with van der Waals surface area (Å²) >= 11 is 5.23. The van der Waals surface area contributed by atoms with Crippen LogP contribution in [0.5, 0.6) is 11.5 Å². The number of nitrogens with one attached hydrogen (secondary N) is 1. The van der Waals surface area contributed by atoms with Crippen molar-refractivity contribution in [3.8, 4) is 11.5 Å². The molecule has 0 aromatic heterocycles. The maximum absolute atomic E-state index is 13.9. The van der Waals surface area contributed by atoms with Crippen molar-refractivity contribution in [1.82, 2.24) is 5.32 Å². The molecule has 0 spiro atoms. The smallest absolute Gasteiger partial charge is 0.336 e. The zero-order valence-electron chi connectivity index (χ0n) is 22.1. The molecular formula is C27H34BrNO7S. The first-order chi connectivity index (χ1) is 17.7. The second-order valence-electron chi connectivity index (χ2n) is 8.84. The molecule has 10 heteroatoms. The van der Waals surface area contributed by atoms with Crippen LogP contribution in [-0.4, -0.2) is 56.7 Å². The molecule has 0 radical (unpaired) electrons. The van der Waals surface area contributed by atoms with Gasteiger partial charge in [0, 0.05) is 28.6 Å². The minimum atomic E-state index is -0.960. The predicted octanol–water partition coefficient (Wildman–Crippen LogP) is 4.77. The third-order valence-corrected chi connectivity index (χ3v) is 7.95. The minimum absolute atomic E-state index is 0.249. The average molecular weight is 597 g/mol. The lowest BCUT2D eigenvalue weighted by molar-refractivity contribution is -0.151. The van der Waals surface area contributed by atoms with E-state index in [1.165, 1.54) is 7.11 Å². The zero-order chi connectivity index (χ0) is 27.3. The van der Waals surface area contributed by atoms with E-state index in [1.54, 1.807) is 31.9 Å². The van der Waals surface area contributed by atoms with Gasteiger partial charge in [-0.1, -0.05) is 13.8 Å². The monoisotopic (exact) mass is 595 g/mol. The fourth-order valence-electron chi connectivity index (χ4n) is 4.92. The standard InChI is InChI=1S/C27H34BrNO7S/c1-7-35-19-13-16(12-17(28)25(19)33-5)22-21(27(32)36-9-10-37-8-2)15(4)29-18-11-14(3)20(26(31)34-6)24(30)23(18)22/h12-14,20,22,29H,7-11H2,1-6H3/t14-,20-,22+/m0/s1. The highest BCUT2D eigenvalue weighted by Gasteiger charge is 2.47. The number of carbonyl (C=O) groups is 3. The van der Waals surface area contributed by atoms with Gasteiger partial charge in [-0.2, -0.15) is 11.8 Å². The summed E-state index contributed by atoms with van der Waals surface area (Å²) in [6.45, 7) is 8.20. The van der Waals surface area contributed by atoms with E-state index in [0.29, 0.717) is 62.9 Å². The number of halogens is 1. The van der Waals surface area contributed by atoms with Crippen LogP contribution in [0, 0.1) is 11.8 Å². The van der Waals surface area contributed by atoms with Crippen LogP contribution >= 0.6 is 27.7 Å². The third-order valence-electron chi connectivity index (χ3n) is 6.50. The summed E-state index contributed by atoms with van der Waals surface area (Å²) in [5.41, 5.74) is 2.65. The second-order valence-corrected chi connectivity index (χ2v) is 11.1. The van der Waals surface area contributed by atoms with Gasteiger partial charge in [-0.15, -0.1) is 0 Å². The first-order valence-corrected chi connectivity index (χ1v) is 14.2. The number of carbonyl (C=O) groups excluding carboxylic acids is 3. The highest BCUT2D eigenvalue weighted by atomic mass is 79.9. The highest BCUT2D eigenvalue weighted by molar-refractivity contribution is 9.10. The summed E-state index contributed by atoms with van der Waals surface area (Å²) in [6.07, 6.45) is 0.458. The molecular weight excluding hydrogens is 562 g/mol. The van der Waals surface area contributed by atoms with E-state index in [4.69, 9.17) is 18.9 Å². The van der Waals surface area contributed by atoms with Gasteiger partial charge in [-0.05, 0) is 65.6 Å². The molecule has 2 aliphatic rings. The summed E-state index contributed by atoms with van der Waals surface area (Å²) in [6, 6.07) is 3.59. The SMILES string of the molecule is CCOc1cc([C@@H]2C(C(=O)OCCSCC)=C(C)NC3=C2C(=O)[C@@H](C(=O)OC)[C@@H](C)C3)cc(Br)c1OC. The van der Waals surface area contributed by atoms with Gasteiger partial charge in [0.05, 0.1) is 30.9 Å². The van der Waals surface area contributed by atoms with Gasteiger partial charge >= 0.3 is 11.9 Å². The number of rotatable bonds is 10. The molecule has 0 bridgehead atoms. The first kappa shape index (κ1) is 29.1. The molecule has 1 aromatic rings. The number of dihydropyridines is 1. The number of ether oxygens (including phenoxy) is 4. The summed E-state index contributed by atoms with van der Waals surface area (Å²) < 4.78 is 22.6. The van der Waals surface area contributed by atoms with E-state index in [2.05, 4.69) is 21.2 Å². The van der Waals surface area contributed by atoms with E-state index >= 15 is 0 Å². The molecule has 3 atom stereocenters. The summed E-state index contributed by atoms with van der Waals surface area (Å²) in [4.78, 5) is 40.0. The number of benzene rings is 1. The number of ketones is 1. The molecule has 202 valence electrons. The number of hydrogen-bond donors (Lipinski definition) is 1.